The average Bonchev–Trinajstić information content (AvgIpc) is 2.13. The number of nitrogens with one attached hydrogen (secondary N) is 1. The molecule has 1 heterocycles. The third-order valence-corrected chi connectivity index (χ3v) is 1.85. The molecule has 13 heavy (non-hydrogen) atoms. The number of hydrogen-bond acceptors (Lipinski definition) is 3. The fourth-order valence-electron chi connectivity index (χ4n) is 1.12. The molecule has 1 aromatic heterocycles. The first-order chi connectivity index (χ1) is 6.33. The molecule has 0 amide bonds. The maximum absolute atomic E-state index is 5.39. The monoisotopic (exact) mass is 179 g/mol. The van der Waals surface area contributed by atoms with Crippen molar-refractivity contribution in [2.75, 3.05) is 18.4 Å². The van der Waals surface area contributed by atoms with E-state index in [1.165, 1.54) is 5.56 Å². The quantitative estimate of drug-likeness (QED) is 0.674. The Morgan fingerprint density at radius 3 is 3.00 bits per heavy atom. The van der Waals surface area contributed by atoms with E-state index in [0.29, 0.717) is 0 Å². The summed E-state index contributed by atoms with van der Waals surface area (Å²) < 4.78 is 0. The number of aromatic nitrogens is 1. The Labute approximate surface area is 79.4 Å². The molecule has 0 fully saturated rings. The molecule has 0 bridgehead atoms. The zero-order valence-corrected chi connectivity index (χ0v) is 8.09. The molecule has 3 heteroatoms. The summed E-state index contributed by atoms with van der Waals surface area (Å²) in [4.78, 5) is 4.19. The van der Waals surface area contributed by atoms with E-state index in [9.17, 15) is 0 Å². The van der Waals surface area contributed by atoms with Crippen LogP contribution in [0.25, 0.3) is 0 Å². The molecule has 1 aromatic rings. The summed E-state index contributed by atoms with van der Waals surface area (Å²) in [5.74, 6) is 0.956. The first kappa shape index (κ1) is 9.99. The number of hydrogen-bond donors (Lipinski definition) is 2. The fraction of sp³-hybridized carbons (Fsp3) is 0.500. The molecule has 72 valence electrons. The largest absolute Gasteiger partial charge is 0.370 e. The van der Waals surface area contributed by atoms with Gasteiger partial charge in [0.15, 0.2) is 0 Å². The van der Waals surface area contributed by atoms with Crippen molar-refractivity contribution in [3.63, 3.8) is 0 Å². The van der Waals surface area contributed by atoms with Crippen LogP contribution in [0.5, 0.6) is 0 Å². The molecule has 0 radical (unpaired) electrons. The normalized spacial score (nSPS) is 10.0. The summed E-state index contributed by atoms with van der Waals surface area (Å²) in [7, 11) is 0. The summed E-state index contributed by atoms with van der Waals surface area (Å²) in [6.07, 6.45) is 3.99. The van der Waals surface area contributed by atoms with Gasteiger partial charge in [-0.1, -0.05) is 0 Å². The van der Waals surface area contributed by atoms with Gasteiger partial charge >= 0.3 is 0 Å². The summed E-state index contributed by atoms with van der Waals surface area (Å²) >= 11 is 0. The zero-order valence-electron chi connectivity index (χ0n) is 8.09. The van der Waals surface area contributed by atoms with Gasteiger partial charge in [0.1, 0.15) is 5.82 Å². The van der Waals surface area contributed by atoms with Crippen LogP contribution in [0.2, 0.25) is 0 Å². The molecule has 0 aliphatic carbocycles. The van der Waals surface area contributed by atoms with Crippen molar-refractivity contribution in [2.45, 2.75) is 19.8 Å². The summed E-state index contributed by atoms with van der Waals surface area (Å²) in [5, 5.41) is 3.25. The van der Waals surface area contributed by atoms with E-state index in [0.717, 1.165) is 31.7 Å². The lowest BCUT2D eigenvalue weighted by Gasteiger charge is -2.04. The molecule has 0 aliphatic rings. The van der Waals surface area contributed by atoms with Gasteiger partial charge in [-0.05, 0) is 44.0 Å². The third kappa shape index (κ3) is 3.90. The Hall–Kier alpha value is -1.09. The molecule has 3 nitrogen and oxygen atoms in total. The molecule has 0 spiro atoms. The van der Waals surface area contributed by atoms with Crippen LogP contribution in [-0.4, -0.2) is 18.1 Å². The predicted molar refractivity (Wildman–Crippen MR) is 55.8 cm³/mol. The van der Waals surface area contributed by atoms with E-state index >= 15 is 0 Å². The maximum Gasteiger partial charge on any atom is 0.126 e. The van der Waals surface area contributed by atoms with Gasteiger partial charge in [-0.2, -0.15) is 0 Å². The van der Waals surface area contributed by atoms with Crippen molar-refractivity contribution < 1.29 is 0 Å². The van der Waals surface area contributed by atoms with Crippen LogP contribution in [0.4, 0.5) is 5.82 Å². The smallest absolute Gasteiger partial charge is 0.126 e. The van der Waals surface area contributed by atoms with Gasteiger partial charge in [0.25, 0.3) is 0 Å². The number of pyridine rings is 1. The van der Waals surface area contributed by atoms with E-state index in [-0.39, 0.29) is 0 Å². The minimum Gasteiger partial charge on any atom is -0.370 e. The number of nitrogens with two attached hydrogens (primary N) is 1. The predicted octanol–water partition coefficient (Wildman–Crippen LogP) is 1.54. The van der Waals surface area contributed by atoms with Gasteiger partial charge in [0.2, 0.25) is 0 Å². The van der Waals surface area contributed by atoms with Crippen LogP contribution < -0.4 is 11.1 Å². The molecule has 1 rings (SSSR count). The molecule has 3 N–H and O–H groups in total. The standard InChI is InChI=1S/C10H17N3/c1-9-4-7-13-10(8-9)12-6-3-2-5-11/h4,7-8H,2-3,5-6,11H2,1H3,(H,12,13). The van der Waals surface area contributed by atoms with Crippen LogP contribution in [0.3, 0.4) is 0 Å². The zero-order chi connectivity index (χ0) is 9.52. The first-order valence-corrected chi connectivity index (χ1v) is 4.69. The van der Waals surface area contributed by atoms with Crippen molar-refractivity contribution in [2.24, 2.45) is 5.73 Å². The summed E-state index contributed by atoms with van der Waals surface area (Å²) in [5.41, 5.74) is 6.62. The van der Waals surface area contributed by atoms with Crippen LogP contribution in [0.1, 0.15) is 18.4 Å². The Morgan fingerprint density at radius 1 is 1.46 bits per heavy atom. The molecule has 0 aliphatic heterocycles. The molecular formula is C10H17N3. The van der Waals surface area contributed by atoms with Gasteiger partial charge < -0.3 is 11.1 Å². The highest BCUT2D eigenvalue weighted by Crippen LogP contribution is 2.04. The highest BCUT2D eigenvalue weighted by atomic mass is 15.0. The van der Waals surface area contributed by atoms with Crippen LogP contribution in [-0.2, 0) is 0 Å². The van der Waals surface area contributed by atoms with Crippen molar-refractivity contribution in [3.05, 3.63) is 23.9 Å². The lowest BCUT2D eigenvalue weighted by Crippen LogP contribution is -2.06. The fourth-order valence-corrected chi connectivity index (χ4v) is 1.12. The van der Waals surface area contributed by atoms with Crippen molar-refractivity contribution in [1.29, 1.82) is 0 Å². The van der Waals surface area contributed by atoms with E-state index in [1.807, 2.05) is 18.3 Å². The number of unbranched alkanes of at least 4 members (excludes halogenated alkanes) is 1. The van der Waals surface area contributed by atoms with Gasteiger partial charge in [-0.25, -0.2) is 4.98 Å². The molecule has 0 saturated heterocycles. The third-order valence-electron chi connectivity index (χ3n) is 1.85. The van der Waals surface area contributed by atoms with Crippen molar-refractivity contribution >= 4 is 5.82 Å². The number of aryl methyl sites for hydroxylation is 1. The Balaban J connectivity index is 2.28. The summed E-state index contributed by atoms with van der Waals surface area (Å²) in [6.45, 7) is 3.78. The molecular weight excluding hydrogens is 162 g/mol. The number of anilines is 1. The molecule has 0 unspecified atom stereocenters. The molecule has 0 saturated carbocycles. The minimum atomic E-state index is 0.767. The van der Waals surface area contributed by atoms with Gasteiger partial charge in [-0.3, -0.25) is 0 Å². The number of nitrogens with zero attached hydrogens (tertiary/aromatic N) is 1. The SMILES string of the molecule is Cc1ccnc(NCCCCN)c1. The van der Waals surface area contributed by atoms with E-state index in [2.05, 4.69) is 17.2 Å². The van der Waals surface area contributed by atoms with Crippen molar-refractivity contribution in [1.82, 2.24) is 4.98 Å². The minimum absolute atomic E-state index is 0.767. The lowest BCUT2D eigenvalue weighted by atomic mass is 10.3. The Bertz CT molecular complexity index is 248. The highest BCUT2D eigenvalue weighted by Gasteiger charge is 1.92. The van der Waals surface area contributed by atoms with Crippen LogP contribution in [0.15, 0.2) is 18.3 Å². The van der Waals surface area contributed by atoms with Gasteiger partial charge in [-0.15, -0.1) is 0 Å². The second-order valence-electron chi connectivity index (χ2n) is 3.14. The second kappa shape index (κ2) is 5.54. The maximum atomic E-state index is 5.39. The Kier molecular flexibility index (Phi) is 4.26. The first-order valence-electron chi connectivity index (χ1n) is 4.69. The van der Waals surface area contributed by atoms with Gasteiger partial charge in [0.05, 0.1) is 0 Å². The van der Waals surface area contributed by atoms with Crippen LogP contribution in [0, 0.1) is 6.92 Å². The van der Waals surface area contributed by atoms with Crippen molar-refractivity contribution in [3.8, 4) is 0 Å². The highest BCUT2D eigenvalue weighted by molar-refractivity contribution is 5.36. The number of rotatable bonds is 5. The Morgan fingerprint density at radius 2 is 2.31 bits per heavy atom. The van der Waals surface area contributed by atoms with E-state index in [1.54, 1.807) is 0 Å². The lowest BCUT2D eigenvalue weighted by molar-refractivity contribution is 0.772. The van der Waals surface area contributed by atoms with E-state index < -0.39 is 0 Å². The molecule has 0 atom stereocenters. The van der Waals surface area contributed by atoms with E-state index in [4.69, 9.17) is 5.73 Å². The second-order valence-corrected chi connectivity index (χ2v) is 3.14. The topological polar surface area (TPSA) is 50.9 Å². The average molecular weight is 179 g/mol. The summed E-state index contributed by atoms with van der Waals surface area (Å²) in [6, 6.07) is 4.04. The van der Waals surface area contributed by atoms with Gasteiger partial charge in [0, 0.05) is 12.7 Å². The molecule has 0 aromatic carbocycles. The van der Waals surface area contributed by atoms with Crippen LogP contribution >= 0.6 is 0 Å².